The lowest BCUT2D eigenvalue weighted by Gasteiger charge is -2.14. The molecule has 6 nitrogen and oxygen atoms in total. The van der Waals surface area contributed by atoms with Crippen LogP contribution in [0.3, 0.4) is 0 Å². The van der Waals surface area contributed by atoms with Crippen LogP contribution in [0.1, 0.15) is 6.92 Å². The van der Waals surface area contributed by atoms with Crippen molar-refractivity contribution >= 4 is 28.9 Å². The van der Waals surface area contributed by atoms with Crippen molar-refractivity contribution in [2.24, 2.45) is 0 Å². The van der Waals surface area contributed by atoms with E-state index in [1.54, 1.807) is 0 Å². The number of nitro groups is 1. The molecule has 1 aromatic rings. The van der Waals surface area contributed by atoms with Gasteiger partial charge in [-0.2, -0.15) is 0 Å². The van der Waals surface area contributed by atoms with Crippen LogP contribution in [0.25, 0.3) is 0 Å². The summed E-state index contributed by atoms with van der Waals surface area (Å²) in [5, 5.41) is 23.2. The molecule has 1 unspecified atom stereocenters. The lowest BCUT2D eigenvalue weighted by Crippen LogP contribution is -2.31. The van der Waals surface area contributed by atoms with E-state index in [1.807, 2.05) is 6.92 Å². The van der Waals surface area contributed by atoms with E-state index in [-0.39, 0.29) is 28.1 Å². The SMILES string of the molecule is CCNCC(O)COc1c(Cl)cc([N+](=O)[O-])cc1Cl. The van der Waals surface area contributed by atoms with Gasteiger partial charge in [0.05, 0.1) is 15.0 Å². The van der Waals surface area contributed by atoms with Gasteiger partial charge in [-0.05, 0) is 6.54 Å². The number of hydrogen-bond donors (Lipinski definition) is 2. The van der Waals surface area contributed by atoms with E-state index in [0.717, 1.165) is 18.7 Å². The van der Waals surface area contributed by atoms with Crippen molar-refractivity contribution in [2.45, 2.75) is 13.0 Å². The normalized spacial score (nSPS) is 12.2. The van der Waals surface area contributed by atoms with Crippen molar-refractivity contribution in [3.63, 3.8) is 0 Å². The minimum Gasteiger partial charge on any atom is -0.488 e. The average molecular weight is 309 g/mol. The lowest BCUT2D eigenvalue weighted by atomic mass is 10.3. The molecule has 0 bridgehead atoms. The molecular formula is C11H14Cl2N2O4. The van der Waals surface area contributed by atoms with E-state index in [9.17, 15) is 15.2 Å². The molecule has 0 amide bonds. The number of nitrogens with zero attached hydrogens (tertiary/aromatic N) is 1. The first kappa shape index (κ1) is 16.0. The Bertz CT molecular complexity index is 433. The van der Waals surface area contributed by atoms with Gasteiger partial charge in [-0.1, -0.05) is 30.1 Å². The highest BCUT2D eigenvalue weighted by molar-refractivity contribution is 6.37. The van der Waals surface area contributed by atoms with E-state index in [1.165, 1.54) is 0 Å². The van der Waals surface area contributed by atoms with Crippen LogP contribution in [0.2, 0.25) is 10.0 Å². The molecule has 0 aromatic heterocycles. The number of rotatable bonds is 7. The number of aliphatic hydroxyl groups excluding tert-OH is 1. The number of benzene rings is 1. The molecule has 0 fully saturated rings. The molecule has 0 saturated carbocycles. The first-order valence-electron chi connectivity index (χ1n) is 5.60. The van der Waals surface area contributed by atoms with Crippen LogP contribution in [0.4, 0.5) is 5.69 Å². The topological polar surface area (TPSA) is 84.6 Å². The van der Waals surface area contributed by atoms with Crippen LogP contribution in [-0.4, -0.2) is 35.8 Å². The number of non-ortho nitro benzene ring substituents is 1. The molecule has 0 saturated heterocycles. The Labute approximate surface area is 120 Å². The highest BCUT2D eigenvalue weighted by Crippen LogP contribution is 2.36. The molecule has 0 aliphatic carbocycles. The van der Waals surface area contributed by atoms with E-state index >= 15 is 0 Å². The van der Waals surface area contributed by atoms with Gasteiger partial charge in [-0.25, -0.2) is 0 Å². The van der Waals surface area contributed by atoms with E-state index < -0.39 is 11.0 Å². The van der Waals surface area contributed by atoms with E-state index in [2.05, 4.69) is 5.32 Å². The maximum Gasteiger partial charge on any atom is 0.272 e. The van der Waals surface area contributed by atoms with Crippen LogP contribution >= 0.6 is 23.2 Å². The maximum atomic E-state index is 10.6. The van der Waals surface area contributed by atoms with Crippen molar-refractivity contribution in [1.29, 1.82) is 0 Å². The van der Waals surface area contributed by atoms with Crippen LogP contribution in [0.15, 0.2) is 12.1 Å². The van der Waals surface area contributed by atoms with Gasteiger partial charge in [-0.3, -0.25) is 10.1 Å². The zero-order chi connectivity index (χ0) is 14.4. The Balaban J connectivity index is 2.71. The summed E-state index contributed by atoms with van der Waals surface area (Å²) in [5.41, 5.74) is -0.212. The molecule has 0 aliphatic heterocycles. The zero-order valence-corrected chi connectivity index (χ0v) is 11.7. The number of nitrogens with one attached hydrogen (secondary N) is 1. The number of hydrogen-bond acceptors (Lipinski definition) is 5. The summed E-state index contributed by atoms with van der Waals surface area (Å²) in [5.74, 6) is 0.129. The van der Waals surface area contributed by atoms with Gasteiger partial charge in [0.2, 0.25) is 0 Å². The van der Waals surface area contributed by atoms with Crippen molar-refractivity contribution in [3.05, 3.63) is 32.3 Å². The average Bonchev–Trinajstić information content (AvgIpc) is 2.34. The van der Waals surface area contributed by atoms with E-state index in [0.29, 0.717) is 6.54 Å². The van der Waals surface area contributed by atoms with Crippen molar-refractivity contribution in [1.82, 2.24) is 5.32 Å². The number of likely N-dealkylation sites (N-methyl/N-ethyl adjacent to an activating group) is 1. The Morgan fingerprint density at radius 3 is 2.53 bits per heavy atom. The van der Waals surface area contributed by atoms with Gasteiger partial charge in [-0.15, -0.1) is 0 Å². The third-order valence-electron chi connectivity index (χ3n) is 2.24. The van der Waals surface area contributed by atoms with Gasteiger partial charge in [0.15, 0.2) is 5.75 Å². The van der Waals surface area contributed by atoms with Gasteiger partial charge in [0, 0.05) is 18.7 Å². The Morgan fingerprint density at radius 1 is 1.47 bits per heavy atom. The second kappa shape index (κ2) is 7.49. The minimum atomic E-state index is -0.720. The number of ether oxygens (including phenoxy) is 1. The quantitative estimate of drug-likeness (QED) is 0.596. The molecule has 0 heterocycles. The fraction of sp³-hybridized carbons (Fsp3) is 0.455. The highest BCUT2D eigenvalue weighted by Gasteiger charge is 2.16. The van der Waals surface area contributed by atoms with Crippen LogP contribution in [0, 0.1) is 10.1 Å². The molecular weight excluding hydrogens is 295 g/mol. The molecule has 1 rings (SSSR count). The summed E-state index contributed by atoms with van der Waals surface area (Å²) in [6.45, 7) is 3.01. The first-order chi connectivity index (χ1) is 8.95. The van der Waals surface area contributed by atoms with Crippen LogP contribution < -0.4 is 10.1 Å². The highest BCUT2D eigenvalue weighted by atomic mass is 35.5. The van der Waals surface area contributed by atoms with Crippen molar-refractivity contribution < 1.29 is 14.8 Å². The Morgan fingerprint density at radius 2 is 2.05 bits per heavy atom. The molecule has 2 N–H and O–H groups in total. The summed E-state index contributed by atoms with van der Waals surface area (Å²) < 4.78 is 5.28. The Kier molecular flexibility index (Phi) is 6.30. The molecule has 8 heteroatoms. The molecule has 1 aromatic carbocycles. The molecule has 0 spiro atoms. The third-order valence-corrected chi connectivity index (χ3v) is 2.81. The van der Waals surface area contributed by atoms with Crippen molar-refractivity contribution in [3.8, 4) is 5.75 Å². The van der Waals surface area contributed by atoms with Gasteiger partial charge in [0.1, 0.15) is 12.7 Å². The zero-order valence-electron chi connectivity index (χ0n) is 10.2. The number of halogens is 2. The summed E-state index contributed by atoms with van der Waals surface area (Å²) in [6, 6.07) is 2.30. The lowest BCUT2D eigenvalue weighted by molar-refractivity contribution is -0.384. The second-order valence-electron chi connectivity index (χ2n) is 3.77. The molecule has 106 valence electrons. The largest absolute Gasteiger partial charge is 0.488 e. The standard InChI is InChI=1S/C11H14Cl2N2O4/c1-2-14-5-8(16)6-19-11-9(12)3-7(15(17)18)4-10(11)13/h3-4,8,14,16H,2,5-6H2,1H3. The summed E-state index contributed by atoms with van der Waals surface area (Å²) in [6.07, 6.45) is -0.720. The minimum absolute atomic E-state index is 0.00967. The summed E-state index contributed by atoms with van der Waals surface area (Å²) in [7, 11) is 0. The predicted octanol–water partition coefficient (Wildman–Crippen LogP) is 2.25. The monoisotopic (exact) mass is 308 g/mol. The fourth-order valence-corrected chi connectivity index (χ4v) is 1.92. The molecule has 0 aliphatic rings. The maximum absolute atomic E-state index is 10.6. The fourth-order valence-electron chi connectivity index (χ4n) is 1.34. The van der Waals surface area contributed by atoms with Gasteiger partial charge in [0.25, 0.3) is 5.69 Å². The predicted molar refractivity (Wildman–Crippen MR) is 73.2 cm³/mol. The Hall–Kier alpha value is -1.08. The molecule has 0 radical (unpaired) electrons. The second-order valence-corrected chi connectivity index (χ2v) is 4.58. The summed E-state index contributed by atoms with van der Waals surface area (Å²) >= 11 is 11.7. The molecule has 19 heavy (non-hydrogen) atoms. The molecule has 1 atom stereocenters. The van der Waals surface area contributed by atoms with Gasteiger partial charge < -0.3 is 15.2 Å². The summed E-state index contributed by atoms with van der Waals surface area (Å²) in [4.78, 5) is 10.0. The van der Waals surface area contributed by atoms with E-state index in [4.69, 9.17) is 27.9 Å². The van der Waals surface area contributed by atoms with Crippen molar-refractivity contribution in [2.75, 3.05) is 19.7 Å². The van der Waals surface area contributed by atoms with Crippen LogP contribution in [-0.2, 0) is 0 Å². The smallest absolute Gasteiger partial charge is 0.272 e. The number of nitro benzene ring substituents is 1. The third kappa shape index (κ3) is 4.83. The van der Waals surface area contributed by atoms with Crippen LogP contribution in [0.5, 0.6) is 5.75 Å². The number of aliphatic hydroxyl groups is 1. The first-order valence-corrected chi connectivity index (χ1v) is 6.36. The van der Waals surface area contributed by atoms with Gasteiger partial charge >= 0.3 is 0 Å².